The standard InChI is InChI=1S/4ClH.Ti/h4*1H;/q;;;;+3/p-4. The second-order valence-electron chi connectivity index (χ2n) is 0.214. The van der Waals surface area contributed by atoms with Gasteiger partial charge in [-0.1, -0.05) is 0 Å². The van der Waals surface area contributed by atoms with Crippen molar-refractivity contribution in [3.8, 4) is 0 Å². The Balaban J connectivity index is 0. The molecule has 0 heterocycles. The predicted molar refractivity (Wildman–Crippen MR) is 17.6 cm³/mol. The fourth-order valence-electron chi connectivity index (χ4n) is 0. The molecule has 0 saturated heterocycles. The van der Waals surface area contributed by atoms with Crippen LogP contribution in [0.3, 0.4) is 0 Å². The molecular weight excluding hydrogens is 190 g/mol. The molecule has 5 heteroatoms. The molecule has 0 fully saturated rings. The van der Waals surface area contributed by atoms with Gasteiger partial charge < -0.3 is 12.4 Å². The molecular formula is Cl4Ti-. The van der Waals surface area contributed by atoms with E-state index in [-0.39, 0.29) is 12.4 Å². The first kappa shape index (κ1) is 9.98. The van der Waals surface area contributed by atoms with Gasteiger partial charge >= 0.3 is 42.6 Å². The van der Waals surface area contributed by atoms with Gasteiger partial charge in [-0.05, 0) is 0 Å². The molecule has 33 valence electrons. The summed E-state index contributed by atoms with van der Waals surface area (Å²) in [5.74, 6) is 0. The first-order chi connectivity index (χ1) is 1.73. The van der Waals surface area contributed by atoms with Crippen LogP contribution < -0.4 is 12.4 Å². The zero-order valence-electron chi connectivity index (χ0n) is 2.01. The average Bonchev–Trinajstić information content (AvgIpc) is 0.811. The zero-order valence-corrected chi connectivity index (χ0v) is 6.60. The number of hydrogen-bond acceptors (Lipinski definition) is 0. The molecule has 0 nitrogen and oxygen atoms in total. The molecule has 0 radical (unpaired) electrons. The molecule has 0 amide bonds. The van der Waals surface area contributed by atoms with Crippen molar-refractivity contribution < 1.29 is 27.1 Å². The van der Waals surface area contributed by atoms with E-state index >= 15 is 0 Å². The molecule has 0 aromatic carbocycles. The van der Waals surface area contributed by atoms with E-state index in [9.17, 15) is 0 Å². The van der Waals surface area contributed by atoms with Gasteiger partial charge in [0, 0.05) is 0 Å². The topological polar surface area (TPSA) is 0 Å². The van der Waals surface area contributed by atoms with Gasteiger partial charge in [-0.15, -0.1) is 0 Å². The summed E-state index contributed by atoms with van der Waals surface area (Å²) in [6.45, 7) is 0. The van der Waals surface area contributed by atoms with Gasteiger partial charge in [0.1, 0.15) is 0 Å². The fraction of sp³-hybridized carbons (Fsp3) is 0. The Labute approximate surface area is 54.7 Å². The summed E-state index contributed by atoms with van der Waals surface area (Å²) in [5.41, 5.74) is 0. The summed E-state index contributed by atoms with van der Waals surface area (Å²) in [6.07, 6.45) is 0. The van der Waals surface area contributed by atoms with Crippen LogP contribution >= 0.6 is 27.9 Å². The summed E-state index contributed by atoms with van der Waals surface area (Å²) in [7, 11) is 14.9. The fourth-order valence-corrected chi connectivity index (χ4v) is 0. The van der Waals surface area contributed by atoms with E-state index in [1.165, 1.54) is 0 Å². The van der Waals surface area contributed by atoms with Crippen LogP contribution in [0.1, 0.15) is 0 Å². The first-order valence-electron chi connectivity index (χ1n) is 0.567. The van der Waals surface area contributed by atoms with Gasteiger partial charge in [0.15, 0.2) is 0 Å². The monoisotopic (exact) mass is 188 g/mol. The Morgan fingerprint density at radius 2 is 1.00 bits per heavy atom. The molecule has 0 rings (SSSR count). The van der Waals surface area contributed by atoms with Crippen LogP contribution in [0.25, 0.3) is 0 Å². The Hall–Kier alpha value is 1.87. The zero-order chi connectivity index (χ0) is 3.58. The SMILES string of the molecule is [Cl-].[Cl][Ti]([Cl])[Cl]. The quantitative estimate of drug-likeness (QED) is 0.432. The van der Waals surface area contributed by atoms with E-state index < -0.39 is 14.7 Å². The molecule has 0 aromatic rings. The summed E-state index contributed by atoms with van der Waals surface area (Å²) in [5, 5.41) is 0. The van der Waals surface area contributed by atoms with Crippen LogP contribution in [0.2, 0.25) is 0 Å². The van der Waals surface area contributed by atoms with Crippen LogP contribution in [0.5, 0.6) is 0 Å². The van der Waals surface area contributed by atoms with Crippen molar-refractivity contribution in [1.29, 1.82) is 0 Å². The van der Waals surface area contributed by atoms with Crippen LogP contribution in [-0.2, 0) is 14.7 Å². The maximum atomic E-state index is 4.97. The van der Waals surface area contributed by atoms with Crippen LogP contribution in [0.15, 0.2) is 0 Å². The average molecular weight is 190 g/mol. The van der Waals surface area contributed by atoms with Crippen molar-refractivity contribution in [2.75, 3.05) is 0 Å². The molecule has 0 aromatic heterocycles. The third-order valence-electron chi connectivity index (χ3n) is 0. The third-order valence-corrected chi connectivity index (χ3v) is 0. The van der Waals surface area contributed by atoms with E-state index in [0.717, 1.165) is 0 Å². The van der Waals surface area contributed by atoms with Gasteiger partial charge in [0.05, 0.1) is 0 Å². The second kappa shape index (κ2) is 5.87. The first-order valence-corrected chi connectivity index (χ1v) is 7.01. The van der Waals surface area contributed by atoms with E-state index in [0.29, 0.717) is 0 Å². The molecule has 0 aliphatic heterocycles. The molecule has 0 N–H and O–H groups in total. The Morgan fingerprint density at radius 3 is 1.00 bits per heavy atom. The van der Waals surface area contributed by atoms with E-state index in [1.54, 1.807) is 0 Å². The second-order valence-corrected chi connectivity index (χ2v) is 7.95. The Kier molecular flexibility index (Phi) is 11.7. The van der Waals surface area contributed by atoms with Crippen molar-refractivity contribution >= 4 is 27.9 Å². The van der Waals surface area contributed by atoms with E-state index in [1.807, 2.05) is 0 Å². The normalized spacial score (nSPS) is 5.40. The van der Waals surface area contributed by atoms with Gasteiger partial charge in [-0.3, -0.25) is 0 Å². The van der Waals surface area contributed by atoms with Crippen molar-refractivity contribution in [3.63, 3.8) is 0 Å². The van der Waals surface area contributed by atoms with Gasteiger partial charge in [0.25, 0.3) is 0 Å². The van der Waals surface area contributed by atoms with Crippen molar-refractivity contribution in [3.05, 3.63) is 0 Å². The van der Waals surface area contributed by atoms with Gasteiger partial charge in [-0.2, -0.15) is 0 Å². The van der Waals surface area contributed by atoms with E-state index in [2.05, 4.69) is 0 Å². The minimum absolute atomic E-state index is 0. The maximum absolute atomic E-state index is 4.97. The van der Waals surface area contributed by atoms with Crippen molar-refractivity contribution in [2.45, 2.75) is 0 Å². The molecule has 0 aliphatic carbocycles. The minimum atomic E-state index is -1.92. The summed E-state index contributed by atoms with van der Waals surface area (Å²) < 4.78 is 0. The summed E-state index contributed by atoms with van der Waals surface area (Å²) in [4.78, 5) is 0. The van der Waals surface area contributed by atoms with Gasteiger partial charge in [-0.25, -0.2) is 0 Å². The Morgan fingerprint density at radius 1 is 1.00 bits per heavy atom. The molecule has 0 spiro atoms. The van der Waals surface area contributed by atoms with Crippen LogP contribution in [-0.4, -0.2) is 0 Å². The van der Waals surface area contributed by atoms with Crippen LogP contribution in [0, 0.1) is 0 Å². The van der Waals surface area contributed by atoms with Crippen LogP contribution in [0.4, 0.5) is 0 Å². The molecule has 5 heavy (non-hydrogen) atoms. The third kappa shape index (κ3) is 25.1. The van der Waals surface area contributed by atoms with Gasteiger partial charge in [0.2, 0.25) is 0 Å². The summed E-state index contributed by atoms with van der Waals surface area (Å²) >= 11 is -1.92. The summed E-state index contributed by atoms with van der Waals surface area (Å²) in [6, 6.07) is 0. The van der Waals surface area contributed by atoms with Crippen molar-refractivity contribution in [2.24, 2.45) is 0 Å². The number of hydrogen-bond donors (Lipinski definition) is 0. The number of rotatable bonds is 0. The molecule has 0 aliphatic rings. The molecule has 0 saturated carbocycles. The molecule has 0 unspecified atom stereocenters. The predicted octanol–water partition coefficient (Wildman–Crippen LogP) is -0.930. The number of halogens is 4. The molecule has 0 bridgehead atoms. The Bertz CT molecular complexity index is 8.36. The molecule has 0 atom stereocenters. The van der Waals surface area contributed by atoms with E-state index in [4.69, 9.17) is 27.9 Å². The van der Waals surface area contributed by atoms with Crippen molar-refractivity contribution in [1.82, 2.24) is 0 Å².